The van der Waals surface area contributed by atoms with Crippen molar-refractivity contribution in [1.82, 2.24) is 5.32 Å². The summed E-state index contributed by atoms with van der Waals surface area (Å²) < 4.78 is 22.7. The number of hydrogen-bond donors (Lipinski definition) is 2. The van der Waals surface area contributed by atoms with E-state index in [-0.39, 0.29) is 27.4 Å². The van der Waals surface area contributed by atoms with Crippen molar-refractivity contribution < 1.29 is 13.2 Å². The monoisotopic (exact) mass is 318 g/mol. The first-order valence-electron chi connectivity index (χ1n) is 6.42. The molecule has 0 aliphatic carbocycles. The molecule has 0 fully saturated rings. The number of halogens is 1. The molecule has 1 unspecified atom stereocenters. The number of benzene rings is 1. The Morgan fingerprint density at radius 1 is 1.35 bits per heavy atom. The Bertz CT molecular complexity index is 587. The molecule has 0 heterocycles. The molecule has 1 aromatic carbocycles. The molecular weight excluding hydrogens is 300 g/mol. The van der Waals surface area contributed by atoms with Gasteiger partial charge in [0.1, 0.15) is 0 Å². The Labute approximate surface area is 124 Å². The van der Waals surface area contributed by atoms with Crippen molar-refractivity contribution in [3.8, 4) is 0 Å². The number of sulfonamides is 1. The zero-order valence-corrected chi connectivity index (χ0v) is 13.1. The molecule has 20 heavy (non-hydrogen) atoms. The summed E-state index contributed by atoms with van der Waals surface area (Å²) in [6.45, 7) is 4.02. The summed E-state index contributed by atoms with van der Waals surface area (Å²) in [5.74, 6) is -0.349. The van der Waals surface area contributed by atoms with E-state index in [2.05, 4.69) is 5.32 Å². The minimum absolute atomic E-state index is 0.0596. The first-order chi connectivity index (χ1) is 9.27. The van der Waals surface area contributed by atoms with Crippen molar-refractivity contribution in [1.29, 1.82) is 0 Å². The molecule has 0 aliphatic rings. The van der Waals surface area contributed by atoms with E-state index in [1.54, 1.807) is 0 Å². The first-order valence-corrected chi connectivity index (χ1v) is 8.34. The lowest BCUT2D eigenvalue weighted by atomic mass is 10.1. The summed E-state index contributed by atoms with van der Waals surface area (Å²) in [7, 11) is -3.89. The third-order valence-electron chi connectivity index (χ3n) is 2.93. The molecule has 3 N–H and O–H groups in total. The van der Waals surface area contributed by atoms with Gasteiger partial charge in [0.25, 0.3) is 5.91 Å². The van der Waals surface area contributed by atoms with Crippen molar-refractivity contribution in [2.75, 3.05) is 0 Å². The van der Waals surface area contributed by atoms with Gasteiger partial charge in [-0.15, -0.1) is 0 Å². The van der Waals surface area contributed by atoms with E-state index < -0.39 is 10.0 Å². The Morgan fingerprint density at radius 3 is 2.50 bits per heavy atom. The number of rotatable bonds is 6. The lowest BCUT2D eigenvalue weighted by Gasteiger charge is -2.16. The smallest absolute Gasteiger partial charge is 0.251 e. The summed E-state index contributed by atoms with van der Waals surface area (Å²) >= 11 is 5.83. The second-order valence-electron chi connectivity index (χ2n) is 4.59. The lowest BCUT2D eigenvalue weighted by molar-refractivity contribution is 0.0933. The van der Waals surface area contributed by atoms with E-state index in [9.17, 15) is 13.2 Å². The van der Waals surface area contributed by atoms with E-state index in [0.29, 0.717) is 0 Å². The van der Waals surface area contributed by atoms with Crippen LogP contribution in [0, 0.1) is 0 Å². The lowest BCUT2D eigenvalue weighted by Crippen LogP contribution is -2.34. The number of nitrogens with two attached hydrogens (primary N) is 1. The summed E-state index contributed by atoms with van der Waals surface area (Å²) in [6.07, 6.45) is 2.63. The van der Waals surface area contributed by atoms with Crippen LogP contribution >= 0.6 is 11.6 Å². The topological polar surface area (TPSA) is 89.3 Å². The van der Waals surface area contributed by atoms with Gasteiger partial charge in [-0.25, -0.2) is 13.6 Å². The molecule has 1 aromatic rings. The molecule has 0 aromatic heterocycles. The minimum Gasteiger partial charge on any atom is -0.349 e. The summed E-state index contributed by atoms with van der Waals surface area (Å²) in [4.78, 5) is 11.9. The van der Waals surface area contributed by atoms with E-state index in [1.165, 1.54) is 18.2 Å². The van der Waals surface area contributed by atoms with Crippen LogP contribution in [0.1, 0.15) is 43.5 Å². The molecule has 5 nitrogen and oxygen atoms in total. The van der Waals surface area contributed by atoms with Crippen molar-refractivity contribution in [2.24, 2.45) is 5.14 Å². The van der Waals surface area contributed by atoms with Crippen LogP contribution in [-0.2, 0) is 10.0 Å². The molecule has 0 bridgehead atoms. The maximum atomic E-state index is 12.1. The van der Waals surface area contributed by atoms with Gasteiger partial charge in [0.2, 0.25) is 10.0 Å². The minimum atomic E-state index is -3.89. The van der Waals surface area contributed by atoms with Gasteiger partial charge in [0.15, 0.2) is 0 Å². The van der Waals surface area contributed by atoms with E-state index in [0.717, 1.165) is 19.3 Å². The average Bonchev–Trinajstić information content (AvgIpc) is 2.36. The van der Waals surface area contributed by atoms with Crippen LogP contribution in [-0.4, -0.2) is 20.4 Å². The van der Waals surface area contributed by atoms with E-state index in [1.807, 2.05) is 13.8 Å². The van der Waals surface area contributed by atoms with Crippen molar-refractivity contribution in [3.63, 3.8) is 0 Å². The summed E-state index contributed by atoms with van der Waals surface area (Å²) in [6, 6.07) is 3.93. The molecule has 0 spiro atoms. The van der Waals surface area contributed by atoms with Crippen molar-refractivity contribution in [2.45, 2.75) is 44.0 Å². The van der Waals surface area contributed by atoms with Gasteiger partial charge in [-0.05, 0) is 31.0 Å². The summed E-state index contributed by atoms with van der Waals surface area (Å²) in [5.41, 5.74) is 0.191. The highest BCUT2D eigenvalue weighted by Gasteiger charge is 2.16. The predicted octanol–water partition coefficient (Wildman–Crippen LogP) is 2.30. The van der Waals surface area contributed by atoms with Crippen molar-refractivity contribution >= 4 is 27.5 Å². The van der Waals surface area contributed by atoms with Crippen LogP contribution in [0.2, 0.25) is 5.02 Å². The normalized spacial score (nSPS) is 13.0. The fourth-order valence-corrected chi connectivity index (χ4v) is 2.74. The molecule has 0 aliphatic heterocycles. The molecule has 0 saturated heterocycles. The standard InChI is InChI=1S/C13H19ClN2O3S/c1-3-5-11(4-2)16-13(17)9-6-10(14)8-12(7-9)20(15,18)19/h6-8,11H,3-5H2,1-2H3,(H,16,17)(H2,15,18,19). The van der Waals surface area contributed by atoms with Gasteiger partial charge in [-0.1, -0.05) is 31.9 Å². The van der Waals surface area contributed by atoms with Crippen LogP contribution in [0.4, 0.5) is 0 Å². The number of nitrogens with one attached hydrogen (secondary N) is 1. The van der Waals surface area contributed by atoms with Gasteiger partial charge < -0.3 is 5.32 Å². The first kappa shape index (κ1) is 16.9. The van der Waals surface area contributed by atoms with Gasteiger partial charge in [-0.3, -0.25) is 4.79 Å². The molecular formula is C13H19ClN2O3S. The molecule has 0 saturated carbocycles. The van der Waals surface area contributed by atoms with Crippen LogP contribution in [0.25, 0.3) is 0 Å². The zero-order valence-electron chi connectivity index (χ0n) is 11.5. The molecule has 7 heteroatoms. The SMILES string of the molecule is CCCC(CC)NC(=O)c1cc(Cl)cc(S(N)(=O)=O)c1. The quantitative estimate of drug-likeness (QED) is 0.843. The highest BCUT2D eigenvalue weighted by molar-refractivity contribution is 7.89. The van der Waals surface area contributed by atoms with Crippen LogP contribution < -0.4 is 10.5 Å². The molecule has 1 amide bonds. The maximum Gasteiger partial charge on any atom is 0.251 e. The van der Waals surface area contributed by atoms with E-state index >= 15 is 0 Å². The number of carbonyl (C=O) groups excluding carboxylic acids is 1. The number of amides is 1. The highest BCUT2D eigenvalue weighted by atomic mass is 35.5. The fourth-order valence-electron chi connectivity index (χ4n) is 1.85. The van der Waals surface area contributed by atoms with Gasteiger partial charge in [-0.2, -0.15) is 0 Å². The number of hydrogen-bond acceptors (Lipinski definition) is 3. The van der Waals surface area contributed by atoms with Crippen LogP contribution in [0.3, 0.4) is 0 Å². The molecule has 1 rings (SSSR count). The Hall–Kier alpha value is -1.11. The van der Waals surface area contributed by atoms with Gasteiger partial charge in [0.05, 0.1) is 4.90 Å². The Morgan fingerprint density at radius 2 is 2.00 bits per heavy atom. The van der Waals surface area contributed by atoms with Crippen LogP contribution in [0.15, 0.2) is 23.1 Å². The third-order valence-corrected chi connectivity index (χ3v) is 4.04. The molecule has 1 atom stereocenters. The maximum absolute atomic E-state index is 12.1. The average molecular weight is 319 g/mol. The van der Waals surface area contributed by atoms with Crippen molar-refractivity contribution in [3.05, 3.63) is 28.8 Å². The second kappa shape index (κ2) is 7.06. The predicted molar refractivity (Wildman–Crippen MR) is 79.3 cm³/mol. The third kappa shape index (κ3) is 4.77. The van der Waals surface area contributed by atoms with Crippen LogP contribution in [0.5, 0.6) is 0 Å². The number of carbonyl (C=O) groups is 1. The number of primary sulfonamides is 1. The van der Waals surface area contributed by atoms with Gasteiger partial charge >= 0.3 is 0 Å². The molecule has 0 radical (unpaired) electrons. The summed E-state index contributed by atoms with van der Waals surface area (Å²) in [5, 5.41) is 8.07. The van der Waals surface area contributed by atoms with Gasteiger partial charge in [0, 0.05) is 16.6 Å². The zero-order chi connectivity index (χ0) is 15.3. The molecule has 112 valence electrons. The fraction of sp³-hybridized carbons (Fsp3) is 0.462. The highest BCUT2D eigenvalue weighted by Crippen LogP contribution is 2.18. The van der Waals surface area contributed by atoms with E-state index in [4.69, 9.17) is 16.7 Å². The Kier molecular flexibility index (Phi) is 5.98. The second-order valence-corrected chi connectivity index (χ2v) is 6.59. The largest absolute Gasteiger partial charge is 0.349 e. The Balaban J connectivity index is 3.02.